The highest BCUT2D eigenvalue weighted by Gasteiger charge is 2.26. The fraction of sp³-hybridized carbons (Fsp3) is 0.571. The minimum absolute atomic E-state index is 0.428. The second kappa shape index (κ2) is 4.10. The van der Waals surface area contributed by atoms with Crippen LogP contribution in [-0.2, 0) is 12.8 Å². The van der Waals surface area contributed by atoms with Gasteiger partial charge < -0.3 is 11.1 Å². The average molecular weight is 216 g/mol. The monoisotopic (exact) mass is 216 g/mol. The largest absolute Gasteiger partial charge is 0.382 e. The van der Waals surface area contributed by atoms with Crippen molar-refractivity contribution in [3.63, 3.8) is 0 Å². The number of hydrogen-bond donors (Lipinski definition) is 2. The lowest BCUT2D eigenvalue weighted by molar-refractivity contribution is 0.373. The molecule has 0 aliphatic heterocycles. The molecular weight excluding hydrogens is 196 g/mol. The third kappa shape index (κ3) is 1.82. The average Bonchev–Trinajstić information content (AvgIpc) is 2.27. The fourth-order valence-corrected chi connectivity index (χ4v) is 2.92. The molecule has 2 heteroatoms. The minimum Gasteiger partial charge on any atom is -0.382 e. The van der Waals surface area contributed by atoms with Crippen molar-refractivity contribution in [1.29, 1.82) is 0 Å². The summed E-state index contributed by atoms with van der Waals surface area (Å²) in [5.74, 6) is 0. The quantitative estimate of drug-likeness (QED) is 0.797. The summed E-state index contributed by atoms with van der Waals surface area (Å²) in [6.07, 6.45) is 7.46. The zero-order valence-corrected chi connectivity index (χ0v) is 9.71. The molecule has 0 bridgehead atoms. The number of rotatable bonds is 2. The lowest BCUT2D eigenvalue weighted by Crippen LogP contribution is -2.44. The van der Waals surface area contributed by atoms with Gasteiger partial charge in [-0.3, -0.25) is 0 Å². The summed E-state index contributed by atoms with van der Waals surface area (Å²) in [5, 5.41) is 3.66. The number of aryl methyl sites for hydroxylation is 1. The Morgan fingerprint density at radius 1 is 1.12 bits per heavy atom. The van der Waals surface area contributed by atoms with Gasteiger partial charge in [0.25, 0.3) is 0 Å². The summed E-state index contributed by atoms with van der Waals surface area (Å²) in [4.78, 5) is 0. The van der Waals surface area contributed by atoms with Crippen molar-refractivity contribution >= 4 is 5.69 Å². The predicted octanol–water partition coefficient (Wildman–Crippen LogP) is 2.47. The van der Waals surface area contributed by atoms with Crippen LogP contribution < -0.4 is 11.1 Å². The van der Waals surface area contributed by atoms with E-state index in [1.165, 1.54) is 31.4 Å². The Kier molecular flexibility index (Phi) is 2.60. The van der Waals surface area contributed by atoms with Crippen LogP contribution >= 0.6 is 0 Å². The van der Waals surface area contributed by atoms with E-state index in [0.29, 0.717) is 12.1 Å². The van der Waals surface area contributed by atoms with E-state index in [1.807, 2.05) is 0 Å². The minimum atomic E-state index is 0.428. The summed E-state index contributed by atoms with van der Waals surface area (Å²) < 4.78 is 0. The van der Waals surface area contributed by atoms with E-state index >= 15 is 0 Å². The number of anilines is 1. The third-order valence-corrected chi connectivity index (χ3v) is 3.93. The summed E-state index contributed by atoms with van der Waals surface area (Å²) in [5.41, 5.74) is 10.3. The number of hydrogen-bond acceptors (Lipinski definition) is 2. The summed E-state index contributed by atoms with van der Waals surface area (Å²) >= 11 is 0. The lowest BCUT2D eigenvalue weighted by Gasteiger charge is -2.35. The highest BCUT2D eigenvalue weighted by molar-refractivity contribution is 5.56. The molecule has 0 aromatic heterocycles. The van der Waals surface area contributed by atoms with E-state index in [0.717, 1.165) is 12.8 Å². The van der Waals surface area contributed by atoms with Gasteiger partial charge in [-0.1, -0.05) is 12.1 Å². The van der Waals surface area contributed by atoms with Crippen molar-refractivity contribution in [2.75, 3.05) is 5.32 Å². The maximum absolute atomic E-state index is 5.82. The summed E-state index contributed by atoms with van der Waals surface area (Å²) in [7, 11) is 0. The molecular formula is C14H20N2. The normalized spacial score (nSPS) is 28.1. The van der Waals surface area contributed by atoms with E-state index in [1.54, 1.807) is 11.1 Å². The third-order valence-electron chi connectivity index (χ3n) is 3.93. The van der Waals surface area contributed by atoms with E-state index in [4.69, 9.17) is 5.73 Å². The molecule has 2 nitrogen and oxygen atoms in total. The van der Waals surface area contributed by atoms with Crippen LogP contribution in [0.15, 0.2) is 18.2 Å². The molecule has 0 saturated heterocycles. The van der Waals surface area contributed by atoms with E-state index in [-0.39, 0.29) is 0 Å². The molecule has 2 aliphatic rings. The van der Waals surface area contributed by atoms with Crippen molar-refractivity contribution < 1.29 is 0 Å². The summed E-state index contributed by atoms with van der Waals surface area (Å²) in [6, 6.07) is 7.74. The van der Waals surface area contributed by atoms with Crippen molar-refractivity contribution in [1.82, 2.24) is 0 Å². The van der Waals surface area contributed by atoms with Crippen molar-refractivity contribution in [3.8, 4) is 0 Å². The summed E-state index contributed by atoms with van der Waals surface area (Å²) in [6.45, 7) is 0. The number of nitrogens with two attached hydrogens (primary N) is 1. The Balaban J connectivity index is 1.78. The van der Waals surface area contributed by atoms with Crippen LogP contribution in [0.5, 0.6) is 0 Å². The zero-order valence-electron chi connectivity index (χ0n) is 9.71. The van der Waals surface area contributed by atoms with Gasteiger partial charge in [0, 0.05) is 17.8 Å². The van der Waals surface area contributed by atoms with Gasteiger partial charge in [-0.25, -0.2) is 0 Å². The van der Waals surface area contributed by atoms with Crippen LogP contribution in [0, 0.1) is 0 Å². The van der Waals surface area contributed by atoms with Gasteiger partial charge in [-0.2, -0.15) is 0 Å². The maximum atomic E-state index is 5.82. The maximum Gasteiger partial charge on any atom is 0.0377 e. The van der Waals surface area contributed by atoms with Crippen LogP contribution in [0.3, 0.4) is 0 Å². The first-order chi connectivity index (χ1) is 7.83. The lowest BCUT2D eigenvalue weighted by atomic mass is 9.86. The molecule has 2 aliphatic carbocycles. The molecule has 3 rings (SSSR count). The van der Waals surface area contributed by atoms with Gasteiger partial charge >= 0.3 is 0 Å². The molecule has 0 unspecified atom stereocenters. The Morgan fingerprint density at radius 2 is 1.94 bits per heavy atom. The molecule has 1 saturated carbocycles. The van der Waals surface area contributed by atoms with Gasteiger partial charge in [0.05, 0.1) is 0 Å². The van der Waals surface area contributed by atoms with Crippen molar-refractivity contribution in [2.45, 2.75) is 50.6 Å². The molecule has 0 spiro atoms. The molecule has 0 radical (unpaired) electrons. The van der Waals surface area contributed by atoms with Gasteiger partial charge in [0.15, 0.2) is 0 Å². The highest BCUT2D eigenvalue weighted by Crippen LogP contribution is 2.30. The van der Waals surface area contributed by atoms with Crippen LogP contribution in [-0.4, -0.2) is 12.1 Å². The molecule has 86 valence electrons. The molecule has 0 amide bonds. The first-order valence-corrected chi connectivity index (χ1v) is 6.46. The van der Waals surface area contributed by atoms with Gasteiger partial charge in [0.1, 0.15) is 0 Å². The van der Waals surface area contributed by atoms with E-state index in [9.17, 15) is 0 Å². The first kappa shape index (κ1) is 10.2. The molecule has 1 fully saturated rings. The Hall–Kier alpha value is -1.02. The topological polar surface area (TPSA) is 38.0 Å². The van der Waals surface area contributed by atoms with Crippen molar-refractivity contribution in [2.24, 2.45) is 5.73 Å². The second-order valence-electron chi connectivity index (χ2n) is 5.22. The van der Waals surface area contributed by atoms with Crippen LogP contribution in [0.25, 0.3) is 0 Å². The molecule has 0 atom stereocenters. The number of nitrogens with one attached hydrogen (secondary N) is 1. The number of benzene rings is 1. The highest BCUT2D eigenvalue weighted by atomic mass is 15.0. The molecule has 1 aromatic carbocycles. The van der Waals surface area contributed by atoms with Crippen LogP contribution in [0.4, 0.5) is 5.69 Å². The standard InChI is InChI=1S/C14H20N2/c15-11-8-12(9-11)16-14-7-3-5-10-4-1-2-6-13(10)14/h3,5,7,11-12,16H,1-2,4,6,8-9,15H2. The first-order valence-electron chi connectivity index (χ1n) is 6.46. The van der Waals surface area contributed by atoms with Gasteiger partial charge in [-0.05, 0) is 55.7 Å². The molecule has 1 aromatic rings. The SMILES string of the molecule is NC1CC(Nc2cccc3c2CCCC3)C1. The Labute approximate surface area is 97.2 Å². The second-order valence-corrected chi connectivity index (χ2v) is 5.22. The molecule has 16 heavy (non-hydrogen) atoms. The van der Waals surface area contributed by atoms with E-state index in [2.05, 4.69) is 23.5 Å². The van der Waals surface area contributed by atoms with Crippen LogP contribution in [0.2, 0.25) is 0 Å². The fourth-order valence-electron chi connectivity index (χ4n) is 2.92. The predicted molar refractivity (Wildman–Crippen MR) is 67.7 cm³/mol. The molecule has 0 heterocycles. The van der Waals surface area contributed by atoms with Gasteiger partial charge in [-0.15, -0.1) is 0 Å². The number of fused-ring (bicyclic) bond motifs is 1. The molecule has 3 N–H and O–H groups in total. The van der Waals surface area contributed by atoms with Gasteiger partial charge in [0.2, 0.25) is 0 Å². The van der Waals surface area contributed by atoms with E-state index < -0.39 is 0 Å². The van der Waals surface area contributed by atoms with Crippen molar-refractivity contribution in [3.05, 3.63) is 29.3 Å². The zero-order chi connectivity index (χ0) is 11.0. The Morgan fingerprint density at radius 3 is 2.75 bits per heavy atom. The Bertz CT molecular complexity index is 380. The van der Waals surface area contributed by atoms with Crippen LogP contribution in [0.1, 0.15) is 36.8 Å². The smallest absolute Gasteiger partial charge is 0.0377 e.